The number of carbonyl (C=O) groups is 1. The molecule has 0 amide bonds. The third kappa shape index (κ3) is 3.99. The number of rotatable bonds is 6. The summed E-state index contributed by atoms with van der Waals surface area (Å²) in [7, 11) is 0. The van der Waals surface area contributed by atoms with Gasteiger partial charge in [0.05, 0.1) is 0 Å². The average molecular weight is 232 g/mol. The quantitative estimate of drug-likeness (QED) is 0.510. The van der Waals surface area contributed by atoms with Gasteiger partial charge in [-0.05, 0) is 38.3 Å². The number of Topliss-reactive ketones (excluding diaryl/α,β-unsaturated/α-hetero) is 1. The fourth-order valence-electron chi connectivity index (χ4n) is 2.46. The topological polar surface area (TPSA) is 17.1 Å². The fourth-order valence-corrected chi connectivity index (χ4v) is 2.46. The number of hydrogen-bond acceptors (Lipinski definition) is 1. The molecule has 0 aliphatic heterocycles. The Kier molecular flexibility index (Phi) is 5.40. The molecule has 0 saturated carbocycles. The normalized spacial score (nSPS) is 10.6. The van der Waals surface area contributed by atoms with Crippen LogP contribution >= 0.6 is 0 Å². The summed E-state index contributed by atoms with van der Waals surface area (Å²) in [5, 5.41) is 0. The first-order chi connectivity index (χ1) is 8.06. The SMILES string of the molecule is CCCCCCC(=O)c1c(C)cc(C)cc1C. The lowest BCUT2D eigenvalue weighted by Gasteiger charge is -2.10. The van der Waals surface area contributed by atoms with E-state index < -0.39 is 0 Å². The van der Waals surface area contributed by atoms with Gasteiger partial charge in [-0.3, -0.25) is 4.79 Å². The zero-order valence-corrected chi connectivity index (χ0v) is 11.6. The van der Waals surface area contributed by atoms with Crippen molar-refractivity contribution in [3.05, 3.63) is 34.4 Å². The Hall–Kier alpha value is -1.11. The Labute approximate surface area is 105 Å². The highest BCUT2D eigenvalue weighted by Gasteiger charge is 2.12. The van der Waals surface area contributed by atoms with Crippen molar-refractivity contribution in [3.8, 4) is 0 Å². The molecule has 17 heavy (non-hydrogen) atoms. The summed E-state index contributed by atoms with van der Waals surface area (Å²) in [6.45, 7) is 8.35. The predicted octanol–water partition coefficient (Wildman–Crippen LogP) is 4.76. The lowest BCUT2D eigenvalue weighted by atomic mass is 9.94. The number of benzene rings is 1. The maximum Gasteiger partial charge on any atom is 0.163 e. The molecule has 0 unspecified atom stereocenters. The van der Waals surface area contributed by atoms with Gasteiger partial charge in [-0.25, -0.2) is 0 Å². The van der Waals surface area contributed by atoms with Crippen molar-refractivity contribution in [2.45, 2.75) is 59.8 Å². The fraction of sp³-hybridized carbons (Fsp3) is 0.562. The van der Waals surface area contributed by atoms with Crippen molar-refractivity contribution >= 4 is 5.78 Å². The highest BCUT2D eigenvalue weighted by Crippen LogP contribution is 2.19. The van der Waals surface area contributed by atoms with E-state index in [-0.39, 0.29) is 0 Å². The molecule has 94 valence electrons. The molecule has 1 aromatic rings. The second-order valence-corrected chi connectivity index (χ2v) is 5.01. The molecule has 0 N–H and O–H groups in total. The molecule has 0 aromatic heterocycles. The molecule has 0 radical (unpaired) electrons. The zero-order chi connectivity index (χ0) is 12.8. The summed E-state index contributed by atoms with van der Waals surface area (Å²) in [4.78, 5) is 12.2. The van der Waals surface area contributed by atoms with Gasteiger partial charge in [0.15, 0.2) is 5.78 Å². The van der Waals surface area contributed by atoms with E-state index >= 15 is 0 Å². The summed E-state index contributed by atoms with van der Waals surface area (Å²) >= 11 is 0. The molecule has 0 bridgehead atoms. The van der Waals surface area contributed by atoms with Crippen molar-refractivity contribution in [3.63, 3.8) is 0 Å². The molecule has 1 rings (SSSR count). The molecule has 1 aromatic carbocycles. The minimum absolute atomic E-state index is 0.316. The molecular weight excluding hydrogens is 208 g/mol. The van der Waals surface area contributed by atoms with Crippen LogP contribution in [0.2, 0.25) is 0 Å². The van der Waals surface area contributed by atoms with Gasteiger partial charge in [-0.15, -0.1) is 0 Å². The van der Waals surface area contributed by atoms with Crippen LogP contribution in [-0.2, 0) is 0 Å². The van der Waals surface area contributed by atoms with Crippen LogP contribution in [0.25, 0.3) is 0 Å². The molecule has 0 aliphatic rings. The Morgan fingerprint density at radius 1 is 1.00 bits per heavy atom. The lowest BCUT2D eigenvalue weighted by Crippen LogP contribution is -2.05. The van der Waals surface area contributed by atoms with Crippen molar-refractivity contribution < 1.29 is 4.79 Å². The highest BCUT2D eigenvalue weighted by atomic mass is 16.1. The molecule has 1 heteroatoms. The summed E-state index contributed by atoms with van der Waals surface area (Å²) in [6.07, 6.45) is 5.35. The van der Waals surface area contributed by atoms with Crippen LogP contribution in [0.3, 0.4) is 0 Å². The highest BCUT2D eigenvalue weighted by molar-refractivity contribution is 5.98. The van der Waals surface area contributed by atoms with Crippen LogP contribution in [0.1, 0.15) is 66.1 Å². The molecule has 0 atom stereocenters. The number of ketones is 1. The molecule has 0 heterocycles. The summed E-state index contributed by atoms with van der Waals surface area (Å²) in [5.41, 5.74) is 4.45. The summed E-state index contributed by atoms with van der Waals surface area (Å²) in [6, 6.07) is 4.21. The number of aryl methyl sites for hydroxylation is 3. The van der Waals surface area contributed by atoms with E-state index in [2.05, 4.69) is 26.0 Å². The summed E-state index contributed by atoms with van der Waals surface area (Å²) < 4.78 is 0. The minimum Gasteiger partial charge on any atom is -0.294 e. The first-order valence-corrected chi connectivity index (χ1v) is 6.67. The monoisotopic (exact) mass is 232 g/mol. The van der Waals surface area contributed by atoms with Crippen LogP contribution in [0, 0.1) is 20.8 Å². The number of carbonyl (C=O) groups excluding carboxylic acids is 1. The van der Waals surface area contributed by atoms with Crippen LogP contribution in [0.4, 0.5) is 0 Å². The zero-order valence-electron chi connectivity index (χ0n) is 11.6. The third-order valence-corrected chi connectivity index (χ3v) is 3.21. The molecule has 0 spiro atoms. The molecule has 0 fully saturated rings. The Bertz CT molecular complexity index is 368. The third-order valence-electron chi connectivity index (χ3n) is 3.21. The Morgan fingerprint density at radius 3 is 2.12 bits per heavy atom. The van der Waals surface area contributed by atoms with E-state index in [4.69, 9.17) is 0 Å². The maximum atomic E-state index is 12.2. The lowest BCUT2D eigenvalue weighted by molar-refractivity contribution is 0.0978. The van der Waals surface area contributed by atoms with E-state index in [1.807, 2.05) is 13.8 Å². The van der Waals surface area contributed by atoms with E-state index in [1.54, 1.807) is 0 Å². The number of hydrogen-bond donors (Lipinski definition) is 0. The summed E-state index contributed by atoms with van der Waals surface area (Å²) in [5.74, 6) is 0.316. The minimum atomic E-state index is 0.316. The van der Waals surface area contributed by atoms with E-state index in [0.29, 0.717) is 12.2 Å². The Balaban J connectivity index is 2.69. The smallest absolute Gasteiger partial charge is 0.163 e. The predicted molar refractivity (Wildman–Crippen MR) is 73.7 cm³/mol. The van der Waals surface area contributed by atoms with E-state index in [0.717, 1.165) is 23.1 Å². The van der Waals surface area contributed by atoms with Gasteiger partial charge >= 0.3 is 0 Å². The van der Waals surface area contributed by atoms with Crippen LogP contribution in [0.15, 0.2) is 12.1 Å². The van der Waals surface area contributed by atoms with E-state index in [1.165, 1.54) is 24.8 Å². The average Bonchev–Trinajstić information content (AvgIpc) is 2.23. The van der Waals surface area contributed by atoms with Crippen LogP contribution < -0.4 is 0 Å². The first-order valence-electron chi connectivity index (χ1n) is 6.67. The van der Waals surface area contributed by atoms with Gasteiger partial charge in [-0.1, -0.05) is 43.9 Å². The van der Waals surface area contributed by atoms with Crippen molar-refractivity contribution in [2.24, 2.45) is 0 Å². The second-order valence-electron chi connectivity index (χ2n) is 5.01. The van der Waals surface area contributed by atoms with Gasteiger partial charge in [0.25, 0.3) is 0 Å². The van der Waals surface area contributed by atoms with Crippen molar-refractivity contribution in [1.29, 1.82) is 0 Å². The largest absolute Gasteiger partial charge is 0.294 e. The van der Waals surface area contributed by atoms with Crippen LogP contribution in [-0.4, -0.2) is 5.78 Å². The first kappa shape index (κ1) is 14.0. The van der Waals surface area contributed by atoms with Gasteiger partial charge in [0.2, 0.25) is 0 Å². The van der Waals surface area contributed by atoms with Gasteiger partial charge in [-0.2, -0.15) is 0 Å². The molecular formula is C16H24O. The van der Waals surface area contributed by atoms with E-state index in [9.17, 15) is 4.79 Å². The molecule has 0 aliphatic carbocycles. The Morgan fingerprint density at radius 2 is 1.59 bits per heavy atom. The second kappa shape index (κ2) is 6.58. The molecule has 1 nitrogen and oxygen atoms in total. The van der Waals surface area contributed by atoms with Gasteiger partial charge < -0.3 is 0 Å². The molecule has 0 saturated heterocycles. The maximum absolute atomic E-state index is 12.2. The van der Waals surface area contributed by atoms with Crippen molar-refractivity contribution in [2.75, 3.05) is 0 Å². The van der Waals surface area contributed by atoms with Gasteiger partial charge in [0, 0.05) is 12.0 Å². The van der Waals surface area contributed by atoms with Crippen LogP contribution in [0.5, 0.6) is 0 Å². The van der Waals surface area contributed by atoms with Gasteiger partial charge in [0.1, 0.15) is 0 Å². The number of unbranched alkanes of at least 4 members (excludes halogenated alkanes) is 3. The standard InChI is InChI=1S/C16H24O/c1-5-6-7-8-9-15(17)16-13(3)10-12(2)11-14(16)4/h10-11H,5-9H2,1-4H3. The van der Waals surface area contributed by atoms with Crippen molar-refractivity contribution in [1.82, 2.24) is 0 Å².